The van der Waals surface area contributed by atoms with E-state index in [1.54, 1.807) is 0 Å². The highest BCUT2D eigenvalue weighted by Crippen LogP contribution is 2.19. The number of nitrogens with two attached hydrogens (primary N) is 2. The number of carbonyl (C=O) groups excluding carboxylic acids is 1. The predicted molar refractivity (Wildman–Crippen MR) is 64.4 cm³/mol. The fourth-order valence-electron chi connectivity index (χ4n) is 1.60. The van der Waals surface area contributed by atoms with Gasteiger partial charge in [0.2, 0.25) is 0 Å². The van der Waals surface area contributed by atoms with Crippen LogP contribution < -0.4 is 17.0 Å². The first-order valence-corrected chi connectivity index (χ1v) is 5.05. The highest BCUT2D eigenvalue weighted by molar-refractivity contribution is 5.98. The molecule has 1 heterocycles. The van der Waals surface area contributed by atoms with Gasteiger partial charge in [-0.05, 0) is 18.6 Å². The monoisotopic (exact) mass is 231 g/mol. The topological polar surface area (TPSA) is 99.0 Å². The number of aromatic nitrogens is 2. The van der Waals surface area contributed by atoms with E-state index in [1.165, 1.54) is 10.9 Å². The molecule has 5 N–H and O–H groups in total. The number of nitrogens with one attached hydrogen (secondary N) is 1. The van der Waals surface area contributed by atoms with E-state index in [1.807, 2.05) is 36.6 Å². The van der Waals surface area contributed by atoms with Crippen LogP contribution >= 0.6 is 0 Å². The van der Waals surface area contributed by atoms with Crippen molar-refractivity contribution < 1.29 is 4.79 Å². The van der Waals surface area contributed by atoms with Crippen LogP contribution in [0, 0.1) is 6.92 Å². The number of hydrogen-bond donors (Lipinski definition) is 3. The summed E-state index contributed by atoms with van der Waals surface area (Å²) in [5.74, 6) is 4.87. The summed E-state index contributed by atoms with van der Waals surface area (Å²) >= 11 is 0. The Morgan fingerprint density at radius 1 is 1.41 bits per heavy atom. The van der Waals surface area contributed by atoms with Crippen LogP contribution in [0.25, 0.3) is 5.69 Å². The van der Waals surface area contributed by atoms with E-state index in [-0.39, 0.29) is 11.4 Å². The summed E-state index contributed by atoms with van der Waals surface area (Å²) in [7, 11) is 0. The molecule has 0 aliphatic carbocycles. The normalized spacial score (nSPS) is 10.2. The lowest BCUT2D eigenvalue weighted by Crippen LogP contribution is -2.30. The molecule has 0 spiro atoms. The van der Waals surface area contributed by atoms with E-state index in [0.717, 1.165) is 11.3 Å². The first kappa shape index (κ1) is 11.2. The molecule has 1 amide bonds. The standard InChI is InChI=1S/C11H13N5O/c1-7-4-2-3-5-9(7)16-10(12)8(6-14-16)11(17)15-13/h2-6H,12-13H2,1H3,(H,15,17). The number of hydrazine groups is 1. The van der Waals surface area contributed by atoms with Crippen molar-refractivity contribution in [1.29, 1.82) is 0 Å². The van der Waals surface area contributed by atoms with Gasteiger partial charge in [-0.1, -0.05) is 18.2 Å². The lowest BCUT2D eigenvalue weighted by molar-refractivity contribution is 0.0954. The Balaban J connectivity index is 2.52. The highest BCUT2D eigenvalue weighted by Gasteiger charge is 2.15. The number of amides is 1. The third-order valence-electron chi connectivity index (χ3n) is 2.53. The van der Waals surface area contributed by atoms with Crippen LogP contribution in [0.5, 0.6) is 0 Å². The van der Waals surface area contributed by atoms with Crippen LogP contribution in [-0.2, 0) is 0 Å². The Hall–Kier alpha value is -2.34. The van der Waals surface area contributed by atoms with Crippen molar-refractivity contribution in [1.82, 2.24) is 15.2 Å². The maximum atomic E-state index is 11.4. The highest BCUT2D eigenvalue weighted by atomic mass is 16.2. The van der Waals surface area contributed by atoms with E-state index in [9.17, 15) is 4.79 Å². The minimum atomic E-state index is -0.456. The van der Waals surface area contributed by atoms with Gasteiger partial charge in [-0.3, -0.25) is 10.2 Å². The Morgan fingerprint density at radius 2 is 2.12 bits per heavy atom. The van der Waals surface area contributed by atoms with Crippen LogP contribution in [0.4, 0.5) is 5.82 Å². The number of anilines is 1. The maximum Gasteiger partial charge on any atom is 0.270 e. The molecule has 6 nitrogen and oxygen atoms in total. The lowest BCUT2D eigenvalue weighted by atomic mass is 10.2. The van der Waals surface area contributed by atoms with Crippen LogP contribution in [0.1, 0.15) is 15.9 Å². The summed E-state index contributed by atoms with van der Waals surface area (Å²) in [4.78, 5) is 11.4. The second-order valence-electron chi connectivity index (χ2n) is 3.62. The fraction of sp³-hybridized carbons (Fsp3) is 0.0909. The molecule has 0 saturated carbocycles. The zero-order valence-corrected chi connectivity index (χ0v) is 9.34. The summed E-state index contributed by atoms with van der Waals surface area (Å²) in [6, 6.07) is 7.63. The van der Waals surface area contributed by atoms with Crippen molar-refractivity contribution in [2.24, 2.45) is 5.84 Å². The molecule has 1 aromatic carbocycles. The Morgan fingerprint density at radius 3 is 2.76 bits per heavy atom. The van der Waals surface area contributed by atoms with Crippen molar-refractivity contribution in [3.8, 4) is 5.69 Å². The van der Waals surface area contributed by atoms with Crippen molar-refractivity contribution >= 4 is 11.7 Å². The van der Waals surface area contributed by atoms with Crippen LogP contribution in [0.2, 0.25) is 0 Å². The number of rotatable bonds is 2. The summed E-state index contributed by atoms with van der Waals surface area (Å²) in [6.07, 6.45) is 1.39. The van der Waals surface area contributed by atoms with Crippen molar-refractivity contribution in [3.63, 3.8) is 0 Å². The largest absolute Gasteiger partial charge is 0.383 e. The van der Waals surface area contributed by atoms with E-state index in [4.69, 9.17) is 11.6 Å². The molecular formula is C11H13N5O. The number of nitrogen functional groups attached to an aromatic ring is 2. The van der Waals surface area contributed by atoms with Gasteiger partial charge in [0.1, 0.15) is 11.4 Å². The van der Waals surface area contributed by atoms with Crippen LogP contribution in [0.15, 0.2) is 30.5 Å². The quantitative estimate of drug-likeness (QED) is 0.395. The van der Waals surface area contributed by atoms with E-state index >= 15 is 0 Å². The van der Waals surface area contributed by atoms with Gasteiger partial charge in [-0.2, -0.15) is 5.10 Å². The maximum absolute atomic E-state index is 11.4. The van der Waals surface area contributed by atoms with Gasteiger partial charge in [-0.15, -0.1) is 0 Å². The molecule has 0 fully saturated rings. The molecule has 0 saturated heterocycles. The molecule has 6 heteroatoms. The second kappa shape index (κ2) is 4.26. The van der Waals surface area contributed by atoms with Crippen LogP contribution in [-0.4, -0.2) is 15.7 Å². The predicted octanol–water partition coefficient (Wildman–Crippen LogP) is 0.366. The van der Waals surface area contributed by atoms with E-state index in [0.29, 0.717) is 0 Å². The minimum Gasteiger partial charge on any atom is -0.383 e. The summed E-state index contributed by atoms with van der Waals surface area (Å²) < 4.78 is 1.51. The summed E-state index contributed by atoms with van der Waals surface area (Å²) in [6.45, 7) is 1.94. The molecule has 0 aliphatic heterocycles. The Bertz CT molecular complexity index is 561. The zero-order valence-electron chi connectivity index (χ0n) is 9.34. The number of para-hydroxylation sites is 1. The molecule has 2 rings (SSSR count). The summed E-state index contributed by atoms with van der Waals surface area (Å²) in [5, 5.41) is 4.09. The minimum absolute atomic E-state index is 0.260. The first-order valence-electron chi connectivity index (χ1n) is 5.05. The molecule has 0 unspecified atom stereocenters. The van der Waals surface area contributed by atoms with Gasteiger partial charge in [0, 0.05) is 0 Å². The number of hydrogen-bond acceptors (Lipinski definition) is 4. The van der Waals surface area contributed by atoms with Gasteiger partial charge >= 0.3 is 0 Å². The Kier molecular flexibility index (Phi) is 2.80. The molecule has 0 aliphatic rings. The third-order valence-corrected chi connectivity index (χ3v) is 2.53. The van der Waals surface area contributed by atoms with Crippen molar-refractivity contribution in [2.45, 2.75) is 6.92 Å². The lowest BCUT2D eigenvalue weighted by Gasteiger charge is -2.07. The zero-order chi connectivity index (χ0) is 12.4. The average molecular weight is 231 g/mol. The second-order valence-corrected chi connectivity index (χ2v) is 3.62. The van der Waals surface area contributed by atoms with Gasteiger partial charge in [0.15, 0.2) is 0 Å². The van der Waals surface area contributed by atoms with Gasteiger partial charge in [0.05, 0.1) is 11.9 Å². The average Bonchev–Trinajstić information content (AvgIpc) is 2.71. The van der Waals surface area contributed by atoms with Gasteiger partial charge in [0.25, 0.3) is 5.91 Å². The van der Waals surface area contributed by atoms with Crippen molar-refractivity contribution in [2.75, 3.05) is 5.73 Å². The molecular weight excluding hydrogens is 218 g/mol. The van der Waals surface area contributed by atoms with Crippen molar-refractivity contribution in [3.05, 3.63) is 41.6 Å². The molecule has 2 aromatic rings. The number of benzene rings is 1. The molecule has 88 valence electrons. The Labute approximate surface area is 98.2 Å². The smallest absolute Gasteiger partial charge is 0.270 e. The fourth-order valence-corrected chi connectivity index (χ4v) is 1.60. The number of carbonyl (C=O) groups is 1. The first-order chi connectivity index (χ1) is 8.15. The summed E-state index contributed by atoms with van der Waals surface area (Å²) in [5.41, 5.74) is 10.0. The molecule has 0 bridgehead atoms. The number of nitrogens with zero attached hydrogens (tertiary/aromatic N) is 2. The molecule has 0 atom stereocenters. The SMILES string of the molecule is Cc1ccccc1-n1ncc(C(=O)NN)c1N. The molecule has 0 radical (unpaired) electrons. The number of aryl methyl sites for hydroxylation is 1. The molecule has 1 aromatic heterocycles. The third kappa shape index (κ3) is 1.85. The van der Waals surface area contributed by atoms with Gasteiger partial charge in [-0.25, -0.2) is 10.5 Å². The molecule has 17 heavy (non-hydrogen) atoms. The van der Waals surface area contributed by atoms with Gasteiger partial charge < -0.3 is 5.73 Å². The van der Waals surface area contributed by atoms with Crippen LogP contribution in [0.3, 0.4) is 0 Å². The van der Waals surface area contributed by atoms with E-state index in [2.05, 4.69) is 5.10 Å². The van der Waals surface area contributed by atoms with E-state index < -0.39 is 5.91 Å².